The summed E-state index contributed by atoms with van der Waals surface area (Å²) in [5, 5.41) is 0. The van der Waals surface area contributed by atoms with Crippen molar-refractivity contribution in [3.8, 4) is 0 Å². The van der Waals surface area contributed by atoms with Crippen LogP contribution < -0.4 is 10.5 Å². The highest BCUT2D eigenvalue weighted by Crippen LogP contribution is 2.41. The van der Waals surface area contributed by atoms with Gasteiger partial charge >= 0.3 is 0 Å². The smallest absolute Gasteiger partial charge is 0.265 e. The first-order valence-electron chi connectivity index (χ1n) is 5.66. The van der Waals surface area contributed by atoms with Crippen LogP contribution in [-0.2, 0) is 0 Å². The molecule has 5 heteroatoms. The molecule has 3 rings (SSSR count). The van der Waals surface area contributed by atoms with Gasteiger partial charge in [0.2, 0.25) is 5.95 Å². The van der Waals surface area contributed by atoms with Crippen LogP contribution in [-0.4, -0.2) is 29.3 Å². The Morgan fingerprint density at radius 2 is 2.12 bits per heavy atom. The standard InChI is InChI=1S/C11H15N3OS/c1-16-9-4-12-11(13-10(9)15)14-5-7-2-3-8(7)6-14/h4,7-8H,2-3,5-6H2,1H3,(H,12,13,15). The number of hydrogen-bond acceptors (Lipinski definition) is 4. The highest BCUT2D eigenvalue weighted by atomic mass is 32.2. The van der Waals surface area contributed by atoms with Gasteiger partial charge in [-0.15, -0.1) is 11.8 Å². The first-order valence-corrected chi connectivity index (χ1v) is 6.88. The molecule has 1 aromatic heterocycles. The summed E-state index contributed by atoms with van der Waals surface area (Å²) in [6.07, 6.45) is 6.25. The average Bonchev–Trinajstić information content (AvgIpc) is 2.55. The lowest BCUT2D eigenvalue weighted by molar-refractivity contribution is 0.243. The van der Waals surface area contributed by atoms with Crippen LogP contribution in [0.2, 0.25) is 0 Å². The number of rotatable bonds is 2. The lowest BCUT2D eigenvalue weighted by atomic mass is 9.77. The number of aromatic amines is 1. The number of anilines is 1. The van der Waals surface area contributed by atoms with E-state index in [1.807, 2.05) is 6.26 Å². The summed E-state index contributed by atoms with van der Waals surface area (Å²) in [5.41, 5.74) is -0.0169. The second kappa shape index (κ2) is 3.80. The third-order valence-corrected chi connectivity index (χ3v) is 4.49. The topological polar surface area (TPSA) is 49.0 Å². The van der Waals surface area contributed by atoms with E-state index in [1.165, 1.54) is 24.6 Å². The van der Waals surface area contributed by atoms with Crippen LogP contribution in [0.1, 0.15) is 12.8 Å². The zero-order chi connectivity index (χ0) is 11.1. The first-order chi connectivity index (χ1) is 7.78. The van der Waals surface area contributed by atoms with E-state index in [4.69, 9.17) is 0 Å². The molecule has 86 valence electrons. The van der Waals surface area contributed by atoms with E-state index in [2.05, 4.69) is 14.9 Å². The molecule has 2 fully saturated rings. The lowest BCUT2D eigenvalue weighted by Crippen LogP contribution is -2.25. The number of aromatic nitrogens is 2. The fourth-order valence-corrected chi connectivity index (χ4v) is 3.01. The van der Waals surface area contributed by atoms with Crippen LogP contribution in [0.4, 0.5) is 5.95 Å². The second-order valence-electron chi connectivity index (χ2n) is 4.61. The van der Waals surface area contributed by atoms with E-state index in [9.17, 15) is 4.79 Å². The van der Waals surface area contributed by atoms with Crippen molar-refractivity contribution in [3.05, 3.63) is 16.6 Å². The molecule has 2 heterocycles. The zero-order valence-electron chi connectivity index (χ0n) is 9.27. The van der Waals surface area contributed by atoms with Crippen molar-refractivity contribution in [3.63, 3.8) is 0 Å². The molecule has 0 radical (unpaired) electrons. The Bertz CT molecular complexity index is 447. The van der Waals surface area contributed by atoms with E-state index in [1.54, 1.807) is 6.20 Å². The number of nitrogens with zero attached hydrogens (tertiary/aromatic N) is 2. The van der Waals surface area contributed by atoms with Gasteiger partial charge in [0.1, 0.15) is 0 Å². The van der Waals surface area contributed by atoms with Crippen molar-refractivity contribution in [2.24, 2.45) is 11.8 Å². The van der Waals surface area contributed by atoms with E-state index in [-0.39, 0.29) is 5.56 Å². The Labute approximate surface area is 98.5 Å². The Balaban J connectivity index is 1.84. The maximum absolute atomic E-state index is 11.7. The van der Waals surface area contributed by atoms with Crippen molar-refractivity contribution in [1.82, 2.24) is 9.97 Å². The molecular weight excluding hydrogens is 222 g/mol. The van der Waals surface area contributed by atoms with Gasteiger partial charge in [0.15, 0.2) is 0 Å². The largest absolute Gasteiger partial charge is 0.342 e. The Hall–Kier alpha value is -0.970. The number of fused-ring (bicyclic) bond motifs is 1. The van der Waals surface area contributed by atoms with E-state index < -0.39 is 0 Å². The minimum absolute atomic E-state index is 0.0169. The van der Waals surface area contributed by atoms with Crippen LogP contribution in [0.25, 0.3) is 0 Å². The van der Waals surface area contributed by atoms with Crippen molar-refractivity contribution in [2.75, 3.05) is 24.2 Å². The van der Waals surface area contributed by atoms with E-state index in [0.717, 1.165) is 30.9 Å². The van der Waals surface area contributed by atoms with Crippen LogP contribution in [0.15, 0.2) is 15.9 Å². The van der Waals surface area contributed by atoms with Gasteiger partial charge in [0.25, 0.3) is 5.56 Å². The normalized spacial score (nSPS) is 27.7. The molecule has 1 saturated heterocycles. The van der Waals surface area contributed by atoms with Gasteiger partial charge in [0, 0.05) is 19.3 Å². The number of H-pyrrole nitrogens is 1. The highest BCUT2D eigenvalue weighted by Gasteiger charge is 2.39. The molecule has 0 spiro atoms. The minimum Gasteiger partial charge on any atom is -0.342 e. The van der Waals surface area contributed by atoms with Gasteiger partial charge in [-0.2, -0.15) is 0 Å². The molecule has 1 saturated carbocycles. The molecule has 1 N–H and O–H groups in total. The van der Waals surface area contributed by atoms with Crippen molar-refractivity contribution >= 4 is 17.7 Å². The maximum Gasteiger partial charge on any atom is 0.265 e. The first kappa shape index (κ1) is 10.2. The molecule has 0 aromatic carbocycles. The molecule has 2 unspecified atom stereocenters. The SMILES string of the molecule is CSc1cnc(N2CC3CCC3C2)[nH]c1=O. The predicted molar refractivity (Wildman–Crippen MR) is 65.1 cm³/mol. The van der Waals surface area contributed by atoms with Gasteiger partial charge in [-0.1, -0.05) is 0 Å². The molecule has 1 aliphatic carbocycles. The summed E-state index contributed by atoms with van der Waals surface area (Å²) in [7, 11) is 0. The third kappa shape index (κ3) is 1.54. The number of nitrogens with one attached hydrogen (secondary N) is 1. The van der Waals surface area contributed by atoms with Gasteiger partial charge < -0.3 is 4.90 Å². The van der Waals surface area contributed by atoms with Crippen LogP contribution in [0.5, 0.6) is 0 Å². The Kier molecular flexibility index (Phi) is 2.42. The molecule has 1 aromatic rings. The summed E-state index contributed by atoms with van der Waals surface area (Å²) in [6, 6.07) is 0. The van der Waals surface area contributed by atoms with Crippen molar-refractivity contribution in [2.45, 2.75) is 17.7 Å². The van der Waals surface area contributed by atoms with Gasteiger partial charge in [0.05, 0.1) is 4.90 Å². The summed E-state index contributed by atoms with van der Waals surface area (Å²) in [5.74, 6) is 2.42. The molecule has 0 amide bonds. The molecule has 4 nitrogen and oxygen atoms in total. The van der Waals surface area contributed by atoms with Gasteiger partial charge in [-0.25, -0.2) is 4.98 Å². The number of hydrogen-bond donors (Lipinski definition) is 1. The monoisotopic (exact) mass is 237 g/mol. The van der Waals surface area contributed by atoms with E-state index >= 15 is 0 Å². The van der Waals surface area contributed by atoms with Crippen molar-refractivity contribution in [1.29, 1.82) is 0 Å². The molecular formula is C11H15N3OS. The third-order valence-electron chi connectivity index (χ3n) is 3.76. The summed E-state index contributed by atoms with van der Waals surface area (Å²) in [6.45, 7) is 2.12. The Morgan fingerprint density at radius 1 is 1.44 bits per heavy atom. The zero-order valence-corrected chi connectivity index (χ0v) is 10.1. The fraction of sp³-hybridized carbons (Fsp3) is 0.636. The molecule has 2 atom stereocenters. The highest BCUT2D eigenvalue weighted by molar-refractivity contribution is 7.98. The van der Waals surface area contributed by atoms with Crippen LogP contribution in [0.3, 0.4) is 0 Å². The number of thioether (sulfide) groups is 1. The van der Waals surface area contributed by atoms with E-state index in [0.29, 0.717) is 4.90 Å². The summed E-state index contributed by atoms with van der Waals surface area (Å²) < 4.78 is 0. The fourth-order valence-electron chi connectivity index (χ4n) is 2.61. The maximum atomic E-state index is 11.7. The summed E-state index contributed by atoms with van der Waals surface area (Å²) >= 11 is 1.44. The Morgan fingerprint density at radius 3 is 2.62 bits per heavy atom. The lowest BCUT2D eigenvalue weighted by Gasteiger charge is -2.27. The molecule has 2 aliphatic rings. The van der Waals surface area contributed by atoms with Gasteiger partial charge in [-0.3, -0.25) is 9.78 Å². The minimum atomic E-state index is -0.0169. The molecule has 16 heavy (non-hydrogen) atoms. The quantitative estimate of drug-likeness (QED) is 0.789. The predicted octanol–water partition coefficient (Wildman–Crippen LogP) is 1.34. The molecule has 1 aliphatic heterocycles. The average molecular weight is 237 g/mol. The van der Waals surface area contributed by atoms with Crippen molar-refractivity contribution < 1.29 is 0 Å². The molecule has 0 bridgehead atoms. The van der Waals surface area contributed by atoms with Gasteiger partial charge in [-0.05, 0) is 30.9 Å². The second-order valence-corrected chi connectivity index (χ2v) is 5.45. The summed E-state index contributed by atoms with van der Waals surface area (Å²) in [4.78, 5) is 21.8. The van der Waals surface area contributed by atoms with Crippen LogP contribution in [0, 0.1) is 11.8 Å². The van der Waals surface area contributed by atoms with Crippen LogP contribution >= 0.6 is 11.8 Å².